The van der Waals surface area contributed by atoms with Gasteiger partial charge in [0.2, 0.25) is 11.8 Å². The highest BCUT2D eigenvalue weighted by molar-refractivity contribution is 7.92. The van der Waals surface area contributed by atoms with E-state index in [-0.39, 0.29) is 29.8 Å². The Morgan fingerprint density at radius 1 is 0.783 bits per heavy atom. The van der Waals surface area contributed by atoms with Crippen molar-refractivity contribution in [3.8, 4) is 0 Å². The van der Waals surface area contributed by atoms with Crippen molar-refractivity contribution in [3.05, 3.63) is 130 Å². The summed E-state index contributed by atoms with van der Waals surface area (Å²) >= 11 is 12.5. The molecule has 46 heavy (non-hydrogen) atoms. The number of carbonyl (C=O) groups is 2. The van der Waals surface area contributed by atoms with Gasteiger partial charge in [-0.15, -0.1) is 0 Å². The number of anilines is 1. The molecule has 0 bridgehead atoms. The van der Waals surface area contributed by atoms with E-state index in [1.54, 1.807) is 48.5 Å². The van der Waals surface area contributed by atoms with Crippen LogP contribution in [0.2, 0.25) is 10.0 Å². The second kappa shape index (κ2) is 16.1. The number of amides is 2. The summed E-state index contributed by atoms with van der Waals surface area (Å²) in [5, 5.41) is 3.69. The Balaban J connectivity index is 1.81. The van der Waals surface area contributed by atoms with Gasteiger partial charge in [-0.05, 0) is 72.9 Å². The van der Waals surface area contributed by atoms with Gasteiger partial charge in [0.15, 0.2) is 0 Å². The molecule has 0 heterocycles. The van der Waals surface area contributed by atoms with Gasteiger partial charge in [0.25, 0.3) is 10.0 Å². The van der Waals surface area contributed by atoms with Crippen molar-refractivity contribution >= 4 is 50.7 Å². The first kappa shape index (κ1) is 35.0. The van der Waals surface area contributed by atoms with Gasteiger partial charge in [0.1, 0.15) is 12.6 Å². The first-order valence-corrected chi connectivity index (χ1v) is 17.5. The summed E-state index contributed by atoms with van der Waals surface area (Å²) in [6.07, 6.45) is 1.68. The molecule has 2 atom stereocenters. The van der Waals surface area contributed by atoms with E-state index in [0.29, 0.717) is 27.7 Å². The predicted molar refractivity (Wildman–Crippen MR) is 186 cm³/mol. The Labute approximate surface area is 282 Å². The molecule has 1 N–H and O–H groups in total. The largest absolute Gasteiger partial charge is 0.352 e. The van der Waals surface area contributed by atoms with Crippen molar-refractivity contribution < 1.29 is 18.0 Å². The molecule has 0 fully saturated rings. The van der Waals surface area contributed by atoms with Crippen LogP contribution in [-0.4, -0.2) is 43.8 Å². The average Bonchev–Trinajstić information content (AvgIpc) is 3.07. The molecule has 7 nitrogen and oxygen atoms in total. The van der Waals surface area contributed by atoms with E-state index in [1.165, 1.54) is 17.0 Å². The minimum atomic E-state index is -4.17. The molecule has 0 aliphatic rings. The number of halogens is 2. The van der Waals surface area contributed by atoms with E-state index in [2.05, 4.69) is 5.32 Å². The predicted octanol–water partition coefficient (Wildman–Crippen LogP) is 7.31. The van der Waals surface area contributed by atoms with Crippen molar-refractivity contribution in [1.82, 2.24) is 10.2 Å². The van der Waals surface area contributed by atoms with Crippen molar-refractivity contribution in [2.75, 3.05) is 10.8 Å². The SMILES string of the molecule is CCc1ccc(N(CC(=O)N(Cc2ccc(Cl)c(Cl)c2)[C@@H](Cc2ccccc2)C(=O)N[C@H](C)CC)S(=O)(=O)c2ccccc2)cc1. The minimum Gasteiger partial charge on any atom is -0.352 e. The zero-order valence-electron chi connectivity index (χ0n) is 26.2. The summed E-state index contributed by atoms with van der Waals surface area (Å²) in [4.78, 5) is 30.0. The maximum absolute atomic E-state index is 14.6. The minimum absolute atomic E-state index is 0.00482. The molecule has 0 saturated carbocycles. The lowest BCUT2D eigenvalue weighted by molar-refractivity contribution is -0.140. The summed E-state index contributed by atoms with van der Waals surface area (Å²) in [6.45, 7) is 5.33. The fourth-order valence-electron chi connectivity index (χ4n) is 4.98. The molecule has 4 rings (SSSR count). The summed E-state index contributed by atoms with van der Waals surface area (Å²) < 4.78 is 29.3. The van der Waals surface area contributed by atoms with Crippen molar-refractivity contribution in [2.45, 2.75) is 63.6 Å². The average molecular weight is 681 g/mol. The maximum Gasteiger partial charge on any atom is 0.264 e. The van der Waals surface area contributed by atoms with Gasteiger partial charge in [-0.1, -0.05) is 104 Å². The third-order valence-corrected chi connectivity index (χ3v) is 10.4. The Kier molecular flexibility index (Phi) is 12.3. The molecule has 10 heteroatoms. The van der Waals surface area contributed by atoms with Crippen LogP contribution < -0.4 is 9.62 Å². The second-order valence-corrected chi connectivity index (χ2v) is 13.8. The number of nitrogens with zero attached hydrogens (tertiary/aromatic N) is 2. The van der Waals surface area contributed by atoms with E-state index in [9.17, 15) is 18.0 Å². The maximum atomic E-state index is 14.6. The van der Waals surface area contributed by atoms with Gasteiger partial charge in [-0.3, -0.25) is 13.9 Å². The Morgan fingerprint density at radius 3 is 1.98 bits per heavy atom. The zero-order chi connectivity index (χ0) is 33.3. The number of carbonyl (C=O) groups excluding carboxylic acids is 2. The smallest absolute Gasteiger partial charge is 0.264 e. The van der Waals surface area contributed by atoms with Crippen molar-refractivity contribution in [2.24, 2.45) is 0 Å². The molecule has 2 amide bonds. The van der Waals surface area contributed by atoms with Gasteiger partial charge in [-0.2, -0.15) is 0 Å². The van der Waals surface area contributed by atoms with Gasteiger partial charge in [0, 0.05) is 19.0 Å². The molecular weight excluding hydrogens is 641 g/mol. The Bertz CT molecular complexity index is 1720. The molecule has 0 aliphatic carbocycles. The van der Waals surface area contributed by atoms with E-state index >= 15 is 0 Å². The van der Waals surface area contributed by atoms with Crippen LogP contribution >= 0.6 is 23.2 Å². The molecule has 0 saturated heterocycles. The lowest BCUT2D eigenvalue weighted by Gasteiger charge is -2.34. The number of rotatable bonds is 14. The molecule has 4 aromatic rings. The van der Waals surface area contributed by atoms with Crippen molar-refractivity contribution in [1.29, 1.82) is 0 Å². The summed E-state index contributed by atoms with van der Waals surface area (Å²) in [6, 6.07) is 28.4. The molecule has 4 aromatic carbocycles. The molecule has 0 radical (unpaired) electrons. The van der Waals surface area contributed by atoms with Gasteiger partial charge < -0.3 is 10.2 Å². The van der Waals surface area contributed by atoms with Gasteiger partial charge in [0.05, 0.1) is 20.6 Å². The highest BCUT2D eigenvalue weighted by atomic mass is 35.5. The number of nitrogens with one attached hydrogen (secondary N) is 1. The first-order valence-electron chi connectivity index (χ1n) is 15.3. The third-order valence-electron chi connectivity index (χ3n) is 7.85. The third kappa shape index (κ3) is 8.90. The summed E-state index contributed by atoms with van der Waals surface area (Å²) in [5.74, 6) is -0.887. The van der Waals surface area contributed by atoms with Crippen molar-refractivity contribution in [3.63, 3.8) is 0 Å². The highest BCUT2D eigenvalue weighted by Crippen LogP contribution is 2.27. The van der Waals surface area contributed by atoms with Crippen LogP contribution in [0.5, 0.6) is 0 Å². The van der Waals surface area contributed by atoms with Crippen LogP contribution in [0.15, 0.2) is 108 Å². The van der Waals surface area contributed by atoms with Crippen LogP contribution in [-0.2, 0) is 39.0 Å². The lowest BCUT2D eigenvalue weighted by atomic mass is 10.0. The van der Waals surface area contributed by atoms with Crippen LogP contribution in [0.3, 0.4) is 0 Å². The van der Waals surface area contributed by atoms with Gasteiger partial charge >= 0.3 is 0 Å². The molecule has 0 spiro atoms. The van der Waals surface area contributed by atoms with Crippen LogP contribution in [0.1, 0.15) is 43.9 Å². The van der Waals surface area contributed by atoms with E-state index in [4.69, 9.17) is 23.2 Å². The fraction of sp³-hybridized carbons (Fsp3) is 0.278. The molecule has 0 aliphatic heterocycles. The van der Waals surface area contributed by atoms with Crippen LogP contribution in [0.4, 0.5) is 5.69 Å². The summed E-state index contributed by atoms with van der Waals surface area (Å²) in [7, 11) is -4.17. The molecular formula is C36H39Cl2N3O4S. The Morgan fingerprint density at radius 2 is 1.39 bits per heavy atom. The highest BCUT2D eigenvalue weighted by Gasteiger charge is 2.35. The number of benzene rings is 4. The standard InChI is InChI=1S/C36H39Cl2N3O4S/c1-4-26(3)39-36(43)34(23-28-12-8-6-9-13-28)40(24-29-18-21-32(37)33(38)22-29)35(42)25-41(30-19-16-27(5-2)17-20-30)46(44,45)31-14-10-7-11-15-31/h6-22,26,34H,4-5,23-25H2,1-3H3,(H,39,43)/t26-,34+/m1/s1. The first-order chi connectivity index (χ1) is 22.0. The van der Waals surface area contributed by atoms with E-state index < -0.39 is 28.5 Å². The quantitative estimate of drug-likeness (QED) is 0.151. The molecule has 0 aromatic heterocycles. The Hall–Kier alpha value is -3.85. The lowest BCUT2D eigenvalue weighted by Crippen LogP contribution is -2.54. The number of sulfonamides is 1. The normalized spacial score (nSPS) is 12.6. The molecule has 242 valence electrons. The number of aryl methyl sites for hydroxylation is 1. The fourth-order valence-corrected chi connectivity index (χ4v) is 6.73. The van der Waals surface area contributed by atoms with Crippen LogP contribution in [0, 0.1) is 0 Å². The monoisotopic (exact) mass is 679 g/mol. The van der Waals surface area contributed by atoms with E-state index in [1.807, 2.05) is 63.2 Å². The van der Waals surface area contributed by atoms with E-state index in [0.717, 1.165) is 21.9 Å². The number of hydrogen-bond donors (Lipinski definition) is 1. The summed E-state index contributed by atoms with van der Waals surface area (Å²) in [5.41, 5.74) is 2.86. The van der Waals surface area contributed by atoms with Crippen LogP contribution in [0.25, 0.3) is 0 Å². The topological polar surface area (TPSA) is 86.8 Å². The zero-order valence-corrected chi connectivity index (χ0v) is 28.5. The second-order valence-electron chi connectivity index (χ2n) is 11.1. The molecule has 0 unspecified atom stereocenters. The number of hydrogen-bond acceptors (Lipinski definition) is 4. The van der Waals surface area contributed by atoms with Gasteiger partial charge in [-0.25, -0.2) is 8.42 Å².